The fourth-order valence-electron chi connectivity index (χ4n) is 4.65. The van der Waals surface area contributed by atoms with Crippen LogP contribution in [0.15, 0.2) is 12.1 Å². The molecule has 0 radical (unpaired) electrons. The number of hydrogen-bond acceptors (Lipinski definition) is 4. The number of hydrogen-bond donors (Lipinski definition) is 1. The number of benzene rings is 1. The lowest BCUT2D eigenvalue weighted by molar-refractivity contribution is -0.136. The number of carbonyl (C=O) groups excluding carboxylic acids is 2. The molecule has 2 amide bonds. The first-order chi connectivity index (χ1) is 14.2. The minimum atomic E-state index is -1.27. The van der Waals surface area contributed by atoms with E-state index in [9.17, 15) is 28.0 Å². The summed E-state index contributed by atoms with van der Waals surface area (Å²) in [6.07, 6.45) is 1.80. The van der Waals surface area contributed by atoms with E-state index in [0.717, 1.165) is 12.5 Å². The highest BCUT2D eigenvalue weighted by Crippen LogP contribution is 2.47. The van der Waals surface area contributed by atoms with E-state index in [2.05, 4.69) is 6.07 Å². The highest BCUT2D eigenvalue weighted by molar-refractivity contribution is 5.88. The van der Waals surface area contributed by atoms with Gasteiger partial charge in [-0.3, -0.25) is 9.59 Å². The van der Waals surface area contributed by atoms with Crippen molar-refractivity contribution in [1.29, 1.82) is 5.26 Å². The first-order valence-corrected chi connectivity index (χ1v) is 10.1. The summed E-state index contributed by atoms with van der Waals surface area (Å²) in [4.78, 5) is 28.8. The summed E-state index contributed by atoms with van der Waals surface area (Å²) in [5.41, 5.74) is 5.05. The van der Waals surface area contributed by atoms with Gasteiger partial charge in [-0.2, -0.15) is 5.26 Å². The van der Waals surface area contributed by atoms with E-state index in [1.54, 1.807) is 9.80 Å². The lowest BCUT2D eigenvalue weighted by Gasteiger charge is -2.27. The van der Waals surface area contributed by atoms with Gasteiger partial charge in [-0.15, -0.1) is 0 Å². The topological polar surface area (TPSA) is 90.4 Å². The molecule has 2 saturated heterocycles. The van der Waals surface area contributed by atoms with Gasteiger partial charge in [0.05, 0.1) is 12.1 Å². The average Bonchev–Trinajstić information content (AvgIpc) is 3.23. The number of rotatable bonds is 5. The molecule has 0 unspecified atom stereocenters. The van der Waals surface area contributed by atoms with Gasteiger partial charge in [-0.25, -0.2) is 13.2 Å². The molecule has 3 aliphatic rings. The second-order valence-electron chi connectivity index (χ2n) is 8.63. The molecule has 0 bridgehead atoms. The van der Waals surface area contributed by atoms with Crippen molar-refractivity contribution in [1.82, 2.24) is 9.80 Å². The van der Waals surface area contributed by atoms with Gasteiger partial charge < -0.3 is 15.5 Å². The summed E-state index contributed by atoms with van der Waals surface area (Å²) < 4.78 is 40.3. The van der Waals surface area contributed by atoms with Crippen LogP contribution in [0.5, 0.6) is 0 Å². The third-order valence-electron chi connectivity index (χ3n) is 6.54. The van der Waals surface area contributed by atoms with Crippen LogP contribution >= 0.6 is 0 Å². The van der Waals surface area contributed by atoms with Gasteiger partial charge >= 0.3 is 0 Å². The molecule has 2 N–H and O–H groups in total. The van der Waals surface area contributed by atoms with E-state index >= 15 is 0 Å². The standard InChI is InChI=1S/C21H23F3N4O2/c22-15-8-17(24)16(23)6-13(15)5-14(26)7-19(29)28-4-1-12-9-27(10-18(12)28)20(30)21(11-25)2-3-21/h6,8,12,14,18H,1-5,7,9-10,26H2/t12-,14+,18+/m0/s1. The maximum absolute atomic E-state index is 13.8. The Balaban J connectivity index is 1.36. The van der Waals surface area contributed by atoms with E-state index in [0.29, 0.717) is 38.5 Å². The quantitative estimate of drug-likeness (QED) is 0.735. The van der Waals surface area contributed by atoms with E-state index in [1.807, 2.05) is 0 Å². The van der Waals surface area contributed by atoms with E-state index in [4.69, 9.17) is 5.73 Å². The zero-order chi connectivity index (χ0) is 21.6. The Morgan fingerprint density at radius 1 is 1.20 bits per heavy atom. The van der Waals surface area contributed by atoms with Crippen molar-refractivity contribution < 1.29 is 22.8 Å². The molecule has 1 aliphatic carbocycles. The zero-order valence-electron chi connectivity index (χ0n) is 16.4. The van der Waals surface area contributed by atoms with Crippen LogP contribution in [0.1, 0.15) is 31.2 Å². The Morgan fingerprint density at radius 3 is 2.57 bits per heavy atom. The molecule has 3 fully saturated rings. The van der Waals surface area contributed by atoms with Crippen molar-refractivity contribution >= 4 is 11.8 Å². The van der Waals surface area contributed by atoms with Gasteiger partial charge in [0.2, 0.25) is 11.8 Å². The zero-order valence-corrected chi connectivity index (χ0v) is 16.4. The average molecular weight is 420 g/mol. The van der Waals surface area contributed by atoms with Gasteiger partial charge in [0, 0.05) is 44.1 Å². The molecular weight excluding hydrogens is 397 g/mol. The van der Waals surface area contributed by atoms with Gasteiger partial charge in [0.1, 0.15) is 11.2 Å². The first-order valence-electron chi connectivity index (χ1n) is 10.1. The molecule has 0 aromatic heterocycles. The monoisotopic (exact) mass is 420 g/mol. The Kier molecular flexibility index (Phi) is 5.22. The van der Waals surface area contributed by atoms with Gasteiger partial charge in [-0.1, -0.05) is 0 Å². The lowest BCUT2D eigenvalue weighted by Crippen LogP contribution is -2.44. The van der Waals surface area contributed by atoms with Crippen molar-refractivity contribution in [2.24, 2.45) is 17.1 Å². The maximum atomic E-state index is 13.8. The molecule has 30 heavy (non-hydrogen) atoms. The number of nitriles is 1. The molecular formula is C21H23F3N4O2. The highest BCUT2D eigenvalue weighted by Gasteiger charge is 2.55. The number of carbonyl (C=O) groups is 2. The lowest BCUT2D eigenvalue weighted by atomic mass is 10.0. The maximum Gasteiger partial charge on any atom is 0.243 e. The molecule has 2 aliphatic heterocycles. The fraction of sp³-hybridized carbons (Fsp3) is 0.571. The Labute approximate surface area is 172 Å². The van der Waals surface area contributed by atoms with Gasteiger partial charge in [-0.05, 0) is 37.3 Å². The summed E-state index contributed by atoms with van der Waals surface area (Å²) in [6.45, 7) is 1.51. The van der Waals surface area contributed by atoms with Crippen LogP contribution in [-0.4, -0.2) is 53.3 Å². The molecule has 160 valence electrons. The van der Waals surface area contributed by atoms with Crippen molar-refractivity contribution in [2.75, 3.05) is 19.6 Å². The number of halogens is 3. The summed E-state index contributed by atoms with van der Waals surface area (Å²) >= 11 is 0. The van der Waals surface area contributed by atoms with Crippen LogP contribution in [0.2, 0.25) is 0 Å². The predicted octanol–water partition coefficient (Wildman–Crippen LogP) is 1.73. The SMILES string of the molecule is N#CC1(C(=O)N2C[C@@H]3CCN(C(=O)C[C@H](N)Cc4cc(F)c(F)cc4F)[C@@H]3C2)CC1. The minimum absolute atomic E-state index is 0.0578. The van der Waals surface area contributed by atoms with Gasteiger partial charge in [0.15, 0.2) is 11.6 Å². The van der Waals surface area contributed by atoms with Crippen molar-refractivity contribution in [3.8, 4) is 6.07 Å². The summed E-state index contributed by atoms with van der Waals surface area (Å²) in [5.74, 6) is -3.49. The minimum Gasteiger partial charge on any atom is -0.339 e. The van der Waals surface area contributed by atoms with Gasteiger partial charge in [0.25, 0.3) is 0 Å². The van der Waals surface area contributed by atoms with Crippen molar-refractivity contribution in [3.05, 3.63) is 35.1 Å². The molecule has 6 nitrogen and oxygen atoms in total. The van der Waals surface area contributed by atoms with Crippen LogP contribution < -0.4 is 5.73 Å². The van der Waals surface area contributed by atoms with Crippen LogP contribution in [0.3, 0.4) is 0 Å². The fourth-order valence-corrected chi connectivity index (χ4v) is 4.65. The van der Waals surface area contributed by atoms with Crippen LogP contribution in [0, 0.1) is 40.1 Å². The van der Waals surface area contributed by atoms with E-state index in [1.165, 1.54) is 0 Å². The number of fused-ring (bicyclic) bond motifs is 1. The number of nitrogens with two attached hydrogens (primary N) is 1. The highest BCUT2D eigenvalue weighted by atomic mass is 19.2. The summed E-state index contributed by atoms with van der Waals surface area (Å²) in [6, 6.07) is 2.51. The largest absolute Gasteiger partial charge is 0.339 e. The van der Waals surface area contributed by atoms with E-state index < -0.39 is 28.9 Å². The molecule has 0 spiro atoms. The Morgan fingerprint density at radius 2 is 1.90 bits per heavy atom. The third-order valence-corrected chi connectivity index (χ3v) is 6.54. The molecule has 1 aromatic carbocycles. The molecule has 9 heteroatoms. The molecule has 1 aromatic rings. The number of nitrogens with zero attached hydrogens (tertiary/aromatic N) is 3. The second-order valence-corrected chi connectivity index (χ2v) is 8.63. The first kappa shape index (κ1) is 20.7. The van der Waals surface area contributed by atoms with Crippen LogP contribution in [0.25, 0.3) is 0 Å². The summed E-state index contributed by atoms with van der Waals surface area (Å²) in [5, 5.41) is 9.26. The predicted molar refractivity (Wildman–Crippen MR) is 100 cm³/mol. The Hall–Kier alpha value is -2.60. The van der Waals surface area contributed by atoms with Crippen molar-refractivity contribution in [2.45, 2.75) is 44.2 Å². The molecule has 1 saturated carbocycles. The summed E-state index contributed by atoms with van der Waals surface area (Å²) in [7, 11) is 0. The third kappa shape index (κ3) is 3.65. The molecule has 3 atom stereocenters. The number of likely N-dealkylation sites (tertiary alicyclic amines) is 2. The van der Waals surface area contributed by atoms with E-state index in [-0.39, 0.29) is 42.2 Å². The van der Waals surface area contributed by atoms with Crippen molar-refractivity contribution in [3.63, 3.8) is 0 Å². The normalized spacial score (nSPS) is 25.0. The molecule has 2 heterocycles. The molecule has 4 rings (SSSR count). The van der Waals surface area contributed by atoms with Crippen LogP contribution in [0.4, 0.5) is 13.2 Å². The number of amides is 2. The second kappa shape index (κ2) is 7.58. The Bertz CT molecular complexity index is 928. The smallest absolute Gasteiger partial charge is 0.243 e. The van der Waals surface area contributed by atoms with Crippen LogP contribution in [-0.2, 0) is 16.0 Å².